The van der Waals surface area contributed by atoms with E-state index in [4.69, 9.17) is 17.0 Å². The van der Waals surface area contributed by atoms with E-state index >= 15 is 0 Å². The molecule has 4 aromatic rings. The first-order valence-corrected chi connectivity index (χ1v) is 13.3. The van der Waals surface area contributed by atoms with E-state index in [1.807, 2.05) is 54.7 Å². The standard InChI is InChI=1S/C30H28N4O3S/c35-29(36)20-10-12-21(13-11-20)33-19-5-9-26(33)28-27(25-8-3-4-18-31-25)32-30(38)34(28)22-14-16-24(17-15-22)37-23-6-1-2-7-23/h3-5,8-19,23,27-28H,1-2,6-7H2,(H,32,38)(H,35,36)/t27-,28-/m0/s1. The van der Waals surface area contributed by atoms with Gasteiger partial charge in [-0.3, -0.25) is 4.98 Å². The molecule has 192 valence electrons. The molecule has 38 heavy (non-hydrogen) atoms. The van der Waals surface area contributed by atoms with Crippen molar-refractivity contribution in [1.82, 2.24) is 14.9 Å². The van der Waals surface area contributed by atoms with Gasteiger partial charge in [-0.1, -0.05) is 6.07 Å². The molecule has 0 bridgehead atoms. The van der Waals surface area contributed by atoms with Gasteiger partial charge in [0.15, 0.2) is 5.11 Å². The number of thiocarbonyl (C=S) groups is 1. The number of hydrogen-bond acceptors (Lipinski definition) is 4. The smallest absolute Gasteiger partial charge is 0.335 e. The first kappa shape index (κ1) is 24.2. The van der Waals surface area contributed by atoms with Gasteiger partial charge in [0, 0.05) is 29.5 Å². The van der Waals surface area contributed by atoms with Crippen LogP contribution in [0.3, 0.4) is 0 Å². The summed E-state index contributed by atoms with van der Waals surface area (Å²) in [5.74, 6) is -0.0742. The van der Waals surface area contributed by atoms with Crippen molar-refractivity contribution in [2.24, 2.45) is 0 Å². The van der Waals surface area contributed by atoms with Crippen molar-refractivity contribution in [3.8, 4) is 11.4 Å². The maximum atomic E-state index is 11.4. The van der Waals surface area contributed by atoms with Gasteiger partial charge in [-0.2, -0.15) is 0 Å². The maximum absolute atomic E-state index is 11.4. The van der Waals surface area contributed by atoms with Crippen LogP contribution in [-0.2, 0) is 0 Å². The van der Waals surface area contributed by atoms with Gasteiger partial charge in [-0.15, -0.1) is 0 Å². The van der Waals surface area contributed by atoms with Crippen molar-refractivity contribution in [2.75, 3.05) is 4.90 Å². The normalized spacial score (nSPS) is 19.5. The molecule has 2 aromatic heterocycles. The highest BCUT2D eigenvalue weighted by molar-refractivity contribution is 7.80. The predicted octanol–water partition coefficient (Wildman–Crippen LogP) is 6.07. The van der Waals surface area contributed by atoms with Crippen LogP contribution in [-0.4, -0.2) is 31.8 Å². The molecule has 2 fully saturated rings. The summed E-state index contributed by atoms with van der Waals surface area (Å²) < 4.78 is 8.27. The van der Waals surface area contributed by atoms with E-state index in [2.05, 4.69) is 38.0 Å². The number of carboxylic acids is 1. The molecule has 8 heteroatoms. The molecule has 6 rings (SSSR count). The summed E-state index contributed by atoms with van der Waals surface area (Å²) in [6.07, 6.45) is 8.75. The second-order valence-corrected chi connectivity index (χ2v) is 10.1. The second-order valence-electron chi connectivity index (χ2n) is 9.67. The molecule has 2 aliphatic rings. The van der Waals surface area contributed by atoms with E-state index in [0.717, 1.165) is 41.4 Å². The fraction of sp³-hybridized carbons (Fsp3) is 0.233. The van der Waals surface area contributed by atoms with E-state index < -0.39 is 5.97 Å². The molecule has 0 radical (unpaired) electrons. The topological polar surface area (TPSA) is 79.6 Å². The molecular weight excluding hydrogens is 496 g/mol. The molecule has 7 nitrogen and oxygen atoms in total. The summed E-state index contributed by atoms with van der Waals surface area (Å²) >= 11 is 5.89. The van der Waals surface area contributed by atoms with Gasteiger partial charge in [0.25, 0.3) is 0 Å². The summed E-state index contributed by atoms with van der Waals surface area (Å²) in [4.78, 5) is 18.2. The number of hydrogen-bond donors (Lipinski definition) is 2. The Kier molecular flexibility index (Phi) is 6.55. The Morgan fingerprint density at radius 1 is 0.947 bits per heavy atom. The van der Waals surface area contributed by atoms with Crippen LogP contribution in [0, 0.1) is 0 Å². The first-order valence-electron chi connectivity index (χ1n) is 12.9. The Balaban J connectivity index is 1.38. The van der Waals surface area contributed by atoms with Crippen LogP contribution in [0.15, 0.2) is 91.3 Å². The molecule has 2 N–H and O–H groups in total. The van der Waals surface area contributed by atoms with Crippen LogP contribution in [0.25, 0.3) is 5.69 Å². The van der Waals surface area contributed by atoms with Crippen molar-refractivity contribution in [2.45, 2.75) is 43.9 Å². The predicted molar refractivity (Wildman–Crippen MR) is 150 cm³/mol. The minimum Gasteiger partial charge on any atom is -0.490 e. The van der Waals surface area contributed by atoms with E-state index in [1.165, 1.54) is 12.8 Å². The molecule has 2 aromatic carbocycles. The number of nitrogens with zero attached hydrogens (tertiary/aromatic N) is 3. The average molecular weight is 525 g/mol. The highest BCUT2D eigenvalue weighted by atomic mass is 32.1. The number of ether oxygens (including phenoxy) is 1. The van der Waals surface area contributed by atoms with Gasteiger partial charge in [-0.05, 0) is 111 Å². The van der Waals surface area contributed by atoms with E-state index in [0.29, 0.717) is 11.2 Å². The van der Waals surface area contributed by atoms with Crippen LogP contribution in [0.4, 0.5) is 5.69 Å². The third-order valence-corrected chi connectivity index (χ3v) is 7.61. The number of aromatic nitrogens is 2. The maximum Gasteiger partial charge on any atom is 0.335 e. The number of anilines is 1. The van der Waals surface area contributed by atoms with E-state index in [1.54, 1.807) is 18.3 Å². The van der Waals surface area contributed by atoms with Gasteiger partial charge >= 0.3 is 5.97 Å². The van der Waals surface area contributed by atoms with Crippen molar-refractivity contribution in [3.05, 3.63) is 108 Å². The minimum atomic E-state index is -0.948. The Morgan fingerprint density at radius 3 is 2.37 bits per heavy atom. The largest absolute Gasteiger partial charge is 0.490 e. The Hall–Kier alpha value is -4.17. The Morgan fingerprint density at radius 2 is 1.68 bits per heavy atom. The zero-order valence-corrected chi connectivity index (χ0v) is 21.6. The number of rotatable bonds is 7. The summed E-state index contributed by atoms with van der Waals surface area (Å²) in [6, 6.07) is 24.6. The number of pyridine rings is 1. The van der Waals surface area contributed by atoms with E-state index in [9.17, 15) is 9.90 Å². The molecule has 3 heterocycles. The molecule has 2 atom stereocenters. The fourth-order valence-electron chi connectivity index (χ4n) is 5.45. The average Bonchev–Trinajstić information content (AvgIpc) is 3.70. The highest BCUT2D eigenvalue weighted by Gasteiger charge is 2.42. The number of carboxylic acid groups (broad SMARTS) is 1. The van der Waals surface area contributed by atoms with Gasteiger partial charge < -0.3 is 24.6 Å². The summed E-state index contributed by atoms with van der Waals surface area (Å²) in [5.41, 5.74) is 3.96. The van der Waals surface area contributed by atoms with Gasteiger partial charge in [0.1, 0.15) is 11.8 Å². The van der Waals surface area contributed by atoms with Crippen LogP contribution in [0.1, 0.15) is 59.5 Å². The number of benzene rings is 2. The van der Waals surface area contributed by atoms with Crippen LogP contribution in [0.5, 0.6) is 5.75 Å². The lowest BCUT2D eigenvalue weighted by atomic mass is 10.0. The van der Waals surface area contributed by atoms with Crippen molar-refractivity contribution in [1.29, 1.82) is 0 Å². The molecule has 1 saturated heterocycles. The summed E-state index contributed by atoms with van der Waals surface area (Å²) in [7, 11) is 0. The molecular formula is C30H28N4O3S. The molecule has 0 unspecified atom stereocenters. The Bertz CT molecular complexity index is 1430. The molecule has 0 amide bonds. The Labute approximate surface area is 226 Å². The van der Waals surface area contributed by atoms with Gasteiger partial charge in [0.2, 0.25) is 0 Å². The third kappa shape index (κ3) is 4.63. The van der Waals surface area contributed by atoms with Crippen LogP contribution >= 0.6 is 12.2 Å². The SMILES string of the molecule is O=C(O)c1ccc(-n2cccc2[C@H]2[C@H](c3ccccn3)NC(=S)N2c2ccc(OC3CCCC3)cc2)cc1. The summed E-state index contributed by atoms with van der Waals surface area (Å²) in [6.45, 7) is 0. The van der Waals surface area contributed by atoms with Crippen molar-refractivity contribution < 1.29 is 14.6 Å². The second kappa shape index (κ2) is 10.3. The number of nitrogens with one attached hydrogen (secondary N) is 1. The van der Waals surface area contributed by atoms with Gasteiger partial charge in [-0.25, -0.2) is 4.79 Å². The zero-order chi connectivity index (χ0) is 26.1. The lowest BCUT2D eigenvalue weighted by Crippen LogP contribution is -2.30. The summed E-state index contributed by atoms with van der Waals surface area (Å²) in [5, 5.41) is 13.5. The van der Waals surface area contributed by atoms with Gasteiger partial charge in [0.05, 0.1) is 23.4 Å². The lowest BCUT2D eigenvalue weighted by molar-refractivity contribution is 0.0697. The molecule has 1 aliphatic carbocycles. The monoisotopic (exact) mass is 524 g/mol. The highest BCUT2D eigenvalue weighted by Crippen LogP contribution is 2.42. The quantitative estimate of drug-likeness (QED) is 0.284. The molecule has 0 spiro atoms. The molecule has 1 aliphatic heterocycles. The zero-order valence-electron chi connectivity index (χ0n) is 20.7. The minimum absolute atomic E-state index is 0.190. The number of carbonyl (C=O) groups is 1. The van der Waals surface area contributed by atoms with E-state index in [-0.39, 0.29) is 17.6 Å². The van der Waals surface area contributed by atoms with Crippen LogP contribution in [0.2, 0.25) is 0 Å². The first-order chi connectivity index (χ1) is 18.6. The van der Waals surface area contributed by atoms with Crippen molar-refractivity contribution in [3.63, 3.8) is 0 Å². The third-order valence-electron chi connectivity index (χ3n) is 7.29. The fourth-order valence-corrected chi connectivity index (χ4v) is 5.80. The molecule has 1 saturated carbocycles. The van der Waals surface area contributed by atoms with Crippen LogP contribution < -0.4 is 15.0 Å². The lowest BCUT2D eigenvalue weighted by Gasteiger charge is -2.29. The van der Waals surface area contributed by atoms with Crippen molar-refractivity contribution >= 4 is 29.0 Å². The number of aromatic carboxylic acids is 1.